The lowest BCUT2D eigenvalue weighted by molar-refractivity contribution is 0.173. The average molecular weight is 277 g/mol. The van der Waals surface area contributed by atoms with Gasteiger partial charge >= 0.3 is 0 Å². The molecule has 2 rings (SSSR count). The van der Waals surface area contributed by atoms with Crippen LogP contribution < -0.4 is 10.1 Å². The first kappa shape index (κ1) is 15.1. The largest absolute Gasteiger partial charge is 0.474 e. The Morgan fingerprint density at radius 1 is 1.20 bits per heavy atom. The van der Waals surface area contributed by atoms with Crippen molar-refractivity contribution in [3.63, 3.8) is 0 Å². The average Bonchev–Trinajstić information content (AvgIpc) is 2.67. The summed E-state index contributed by atoms with van der Waals surface area (Å²) in [6, 6.07) is 0. The zero-order chi connectivity index (χ0) is 14.4. The highest BCUT2D eigenvalue weighted by Gasteiger charge is 2.20. The molecule has 0 unspecified atom stereocenters. The molecule has 0 aromatic carbocycles. The molecular weight excluding hydrogens is 250 g/mol. The zero-order valence-electron chi connectivity index (χ0n) is 13.0. The molecule has 1 saturated carbocycles. The molecule has 1 aliphatic carbocycles. The lowest BCUT2D eigenvalue weighted by Gasteiger charge is -2.21. The normalized spacial score (nSPS) is 17.0. The molecule has 0 radical (unpaired) electrons. The monoisotopic (exact) mass is 277 g/mol. The Morgan fingerprint density at radius 3 is 2.50 bits per heavy atom. The summed E-state index contributed by atoms with van der Waals surface area (Å²) in [6.07, 6.45) is 9.44. The second kappa shape index (κ2) is 7.46. The van der Waals surface area contributed by atoms with E-state index in [-0.39, 0.29) is 0 Å². The van der Waals surface area contributed by atoms with Crippen LogP contribution in [0.4, 0.5) is 5.82 Å². The number of ether oxygens (including phenoxy) is 1. The molecule has 0 saturated heterocycles. The standard InChI is InChI=1S/C16H27N3O/c1-4-17-15-14(12(2)3)16(19-11-18-15)20-13-9-7-5-6-8-10-13/h11-13H,4-10H2,1-3H3,(H,17,18,19). The van der Waals surface area contributed by atoms with Gasteiger partial charge in [0.05, 0.1) is 5.56 Å². The fourth-order valence-electron chi connectivity index (χ4n) is 2.82. The van der Waals surface area contributed by atoms with Gasteiger partial charge in [-0.2, -0.15) is 0 Å². The molecule has 0 bridgehead atoms. The van der Waals surface area contributed by atoms with Gasteiger partial charge in [-0.3, -0.25) is 0 Å². The molecule has 0 amide bonds. The molecule has 0 spiro atoms. The van der Waals surface area contributed by atoms with E-state index in [4.69, 9.17) is 4.74 Å². The molecule has 1 fully saturated rings. The Hall–Kier alpha value is -1.32. The van der Waals surface area contributed by atoms with Gasteiger partial charge in [0.2, 0.25) is 5.88 Å². The van der Waals surface area contributed by atoms with E-state index in [2.05, 4.69) is 36.1 Å². The lowest BCUT2D eigenvalue weighted by atomic mass is 10.0. The summed E-state index contributed by atoms with van der Waals surface area (Å²) >= 11 is 0. The molecule has 20 heavy (non-hydrogen) atoms. The van der Waals surface area contributed by atoms with E-state index in [1.165, 1.54) is 25.7 Å². The fraction of sp³-hybridized carbons (Fsp3) is 0.750. The van der Waals surface area contributed by atoms with Gasteiger partial charge in [-0.05, 0) is 38.5 Å². The summed E-state index contributed by atoms with van der Waals surface area (Å²) in [4.78, 5) is 8.75. The van der Waals surface area contributed by atoms with Crippen molar-refractivity contribution in [2.45, 2.75) is 71.3 Å². The molecular formula is C16H27N3O. The highest BCUT2D eigenvalue weighted by atomic mass is 16.5. The van der Waals surface area contributed by atoms with Crippen LogP contribution in [0.5, 0.6) is 5.88 Å². The van der Waals surface area contributed by atoms with Crippen LogP contribution in [-0.4, -0.2) is 22.6 Å². The minimum Gasteiger partial charge on any atom is -0.474 e. The van der Waals surface area contributed by atoms with E-state index in [0.717, 1.165) is 36.6 Å². The van der Waals surface area contributed by atoms with E-state index in [1.54, 1.807) is 6.33 Å². The third-order valence-electron chi connectivity index (χ3n) is 3.85. The summed E-state index contributed by atoms with van der Waals surface area (Å²) in [5.41, 5.74) is 1.11. The van der Waals surface area contributed by atoms with Gasteiger partial charge in [-0.25, -0.2) is 9.97 Å². The van der Waals surface area contributed by atoms with Gasteiger partial charge in [0, 0.05) is 6.54 Å². The Balaban J connectivity index is 2.18. The van der Waals surface area contributed by atoms with Crippen LogP contribution in [0.1, 0.15) is 70.8 Å². The highest BCUT2D eigenvalue weighted by Crippen LogP contribution is 2.32. The molecule has 4 nitrogen and oxygen atoms in total. The highest BCUT2D eigenvalue weighted by molar-refractivity contribution is 5.50. The number of anilines is 1. The molecule has 112 valence electrons. The van der Waals surface area contributed by atoms with Gasteiger partial charge in [-0.15, -0.1) is 0 Å². The first-order valence-corrected chi connectivity index (χ1v) is 7.97. The molecule has 4 heteroatoms. The zero-order valence-corrected chi connectivity index (χ0v) is 13.0. The maximum Gasteiger partial charge on any atom is 0.222 e. The van der Waals surface area contributed by atoms with Crippen LogP contribution in [0, 0.1) is 0 Å². The molecule has 1 N–H and O–H groups in total. The number of nitrogens with one attached hydrogen (secondary N) is 1. The smallest absolute Gasteiger partial charge is 0.222 e. The Bertz CT molecular complexity index is 412. The van der Waals surface area contributed by atoms with E-state index in [1.807, 2.05) is 0 Å². The number of hydrogen-bond acceptors (Lipinski definition) is 4. The van der Waals surface area contributed by atoms with Gasteiger partial charge in [0.1, 0.15) is 18.2 Å². The number of nitrogens with zero attached hydrogens (tertiary/aromatic N) is 2. The first-order valence-electron chi connectivity index (χ1n) is 7.97. The topological polar surface area (TPSA) is 47.0 Å². The van der Waals surface area contributed by atoms with E-state index in [9.17, 15) is 0 Å². The van der Waals surface area contributed by atoms with Crippen LogP contribution in [0.3, 0.4) is 0 Å². The van der Waals surface area contributed by atoms with Crippen molar-refractivity contribution in [3.05, 3.63) is 11.9 Å². The van der Waals surface area contributed by atoms with E-state index < -0.39 is 0 Å². The molecule has 1 aliphatic rings. The second-order valence-corrected chi connectivity index (χ2v) is 5.86. The van der Waals surface area contributed by atoms with Gasteiger partial charge in [0.15, 0.2) is 0 Å². The third-order valence-corrected chi connectivity index (χ3v) is 3.85. The predicted octanol–water partition coefficient (Wildman–Crippen LogP) is 4.13. The maximum atomic E-state index is 6.22. The van der Waals surface area contributed by atoms with E-state index in [0.29, 0.717) is 12.0 Å². The maximum absolute atomic E-state index is 6.22. The van der Waals surface area contributed by atoms with Crippen molar-refractivity contribution in [2.24, 2.45) is 0 Å². The van der Waals surface area contributed by atoms with Gasteiger partial charge in [-0.1, -0.05) is 26.7 Å². The van der Waals surface area contributed by atoms with Gasteiger partial charge in [0.25, 0.3) is 0 Å². The fourth-order valence-corrected chi connectivity index (χ4v) is 2.82. The molecule has 1 aromatic heterocycles. The summed E-state index contributed by atoms with van der Waals surface area (Å²) in [5.74, 6) is 2.05. The molecule has 0 aliphatic heterocycles. The van der Waals surface area contributed by atoms with Crippen LogP contribution in [0.25, 0.3) is 0 Å². The van der Waals surface area contributed by atoms with Crippen molar-refractivity contribution in [3.8, 4) is 5.88 Å². The summed E-state index contributed by atoms with van der Waals surface area (Å²) < 4.78 is 6.22. The Kier molecular flexibility index (Phi) is 5.62. The second-order valence-electron chi connectivity index (χ2n) is 5.86. The van der Waals surface area contributed by atoms with E-state index >= 15 is 0 Å². The van der Waals surface area contributed by atoms with Gasteiger partial charge < -0.3 is 10.1 Å². The summed E-state index contributed by atoms with van der Waals surface area (Å²) in [5, 5.41) is 3.32. The van der Waals surface area contributed by atoms with Crippen LogP contribution in [-0.2, 0) is 0 Å². The third kappa shape index (κ3) is 3.84. The Morgan fingerprint density at radius 2 is 1.90 bits per heavy atom. The lowest BCUT2D eigenvalue weighted by Crippen LogP contribution is -2.18. The number of aromatic nitrogens is 2. The van der Waals surface area contributed by atoms with Crippen molar-refractivity contribution in [1.82, 2.24) is 9.97 Å². The summed E-state index contributed by atoms with van der Waals surface area (Å²) in [6.45, 7) is 7.27. The number of hydrogen-bond donors (Lipinski definition) is 1. The van der Waals surface area contributed by atoms with Crippen molar-refractivity contribution >= 4 is 5.82 Å². The molecule has 0 atom stereocenters. The minimum atomic E-state index is 0.319. The van der Waals surface area contributed by atoms with Crippen LogP contribution in [0.15, 0.2) is 6.33 Å². The molecule has 1 aromatic rings. The minimum absolute atomic E-state index is 0.319. The van der Waals surface area contributed by atoms with Crippen molar-refractivity contribution in [2.75, 3.05) is 11.9 Å². The predicted molar refractivity (Wildman–Crippen MR) is 82.4 cm³/mol. The van der Waals surface area contributed by atoms with Crippen molar-refractivity contribution < 1.29 is 4.74 Å². The van der Waals surface area contributed by atoms with Crippen LogP contribution >= 0.6 is 0 Å². The first-order chi connectivity index (χ1) is 9.72. The van der Waals surface area contributed by atoms with Crippen LogP contribution in [0.2, 0.25) is 0 Å². The summed E-state index contributed by atoms with van der Waals surface area (Å²) in [7, 11) is 0. The quantitative estimate of drug-likeness (QED) is 0.822. The SMILES string of the molecule is CCNc1ncnc(OC2CCCCCC2)c1C(C)C. The molecule has 1 heterocycles. The number of rotatable bonds is 5. The Labute approximate surface area is 122 Å². The van der Waals surface area contributed by atoms with Crippen molar-refractivity contribution in [1.29, 1.82) is 0 Å².